The van der Waals surface area contributed by atoms with Crippen LogP contribution < -0.4 is 9.47 Å². The monoisotopic (exact) mass is 405 g/mol. The first kappa shape index (κ1) is 21.4. The van der Waals surface area contributed by atoms with Gasteiger partial charge in [0.25, 0.3) is 0 Å². The highest BCUT2D eigenvalue weighted by Crippen LogP contribution is 2.23. The lowest BCUT2D eigenvalue weighted by molar-refractivity contribution is 0.122. The quantitative estimate of drug-likeness (QED) is 0.689. The number of hydrogen-bond acceptors (Lipinski definition) is 5. The van der Waals surface area contributed by atoms with Crippen LogP contribution in [0.1, 0.15) is 39.3 Å². The van der Waals surface area contributed by atoms with Crippen molar-refractivity contribution in [3.05, 3.63) is 47.9 Å². The van der Waals surface area contributed by atoms with Crippen LogP contribution >= 0.6 is 0 Å². The molecule has 0 amide bonds. The fourth-order valence-corrected chi connectivity index (χ4v) is 3.32. The Balaban J connectivity index is 1.41. The van der Waals surface area contributed by atoms with Gasteiger partial charge in [-0.25, -0.2) is 9.37 Å². The van der Waals surface area contributed by atoms with Gasteiger partial charge < -0.3 is 14.4 Å². The highest BCUT2D eigenvalue weighted by molar-refractivity contribution is 5.25. The Morgan fingerprint density at radius 2 is 1.90 bits per heavy atom. The topological polar surface area (TPSA) is 47.5 Å². The smallest absolute Gasteiger partial charge is 0.233 e. The molecule has 0 radical (unpaired) electrons. The van der Waals surface area contributed by atoms with E-state index in [-0.39, 0.29) is 11.4 Å². The van der Waals surface area contributed by atoms with Crippen molar-refractivity contribution in [1.82, 2.24) is 14.9 Å². The van der Waals surface area contributed by atoms with Gasteiger partial charge in [0, 0.05) is 19.2 Å². The summed E-state index contributed by atoms with van der Waals surface area (Å²) in [7, 11) is 0. The zero-order valence-electron chi connectivity index (χ0n) is 17.3. The van der Waals surface area contributed by atoms with E-state index in [2.05, 4.69) is 14.9 Å². The van der Waals surface area contributed by atoms with Crippen molar-refractivity contribution >= 4 is 0 Å². The molecule has 0 aliphatic carbocycles. The molecular formula is C22H29F2N3O2. The summed E-state index contributed by atoms with van der Waals surface area (Å²) in [6.07, 6.45) is 6.17. The van der Waals surface area contributed by atoms with Crippen molar-refractivity contribution < 1.29 is 18.3 Å². The molecule has 2 heterocycles. The van der Waals surface area contributed by atoms with Crippen LogP contribution in [-0.4, -0.2) is 46.7 Å². The summed E-state index contributed by atoms with van der Waals surface area (Å²) in [5, 5.41) is 0. The lowest BCUT2D eigenvalue weighted by Crippen LogP contribution is -2.36. The maximum absolute atomic E-state index is 13.7. The highest BCUT2D eigenvalue weighted by Gasteiger charge is 2.21. The maximum Gasteiger partial charge on any atom is 0.233 e. The number of benzene rings is 1. The summed E-state index contributed by atoms with van der Waals surface area (Å²) in [5.41, 5.74) is 0.616. The molecule has 0 spiro atoms. The molecule has 29 heavy (non-hydrogen) atoms. The first-order valence-electron chi connectivity index (χ1n) is 10.1. The van der Waals surface area contributed by atoms with E-state index in [0.717, 1.165) is 50.7 Å². The molecule has 5 nitrogen and oxygen atoms in total. The van der Waals surface area contributed by atoms with Crippen molar-refractivity contribution in [1.29, 1.82) is 0 Å². The molecule has 1 fully saturated rings. The third-order valence-corrected chi connectivity index (χ3v) is 4.86. The Bertz CT molecular complexity index is 803. The van der Waals surface area contributed by atoms with E-state index < -0.39 is 11.6 Å². The largest absolute Gasteiger partial charge is 0.490 e. The molecule has 3 rings (SSSR count). The molecule has 2 aromatic rings. The normalized spacial score (nSPS) is 16.0. The lowest BCUT2D eigenvalue weighted by Gasteiger charge is -2.31. The summed E-state index contributed by atoms with van der Waals surface area (Å²) in [6, 6.07) is 4.02. The number of hydrogen-bond donors (Lipinski definition) is 0. The Hall–Kier alpha value is -2.28. The minimum Gasteiger partial charge on any atom is -0.490 e. The van der Waals surface area contributed by atoms with Gasteiger partial charge in [-0.1, -0.05) is 6.07 Å². The van der Waals surface area contributed by atoms with Crippen LogP contribution in [-0.2, 0) is 6.42 Å². The van der Waals surface area contributed by atoms with Gasteiger partial charge in [0.15, 0.2) is 11.6 Å². The number of ether oxygens (including phenoxy) is 2. The molecule has 1 aliphatic heterocycles. The minimum atomic E-state index is -0.913. The Morgan fingerprint density at radius 1 is 1.14 bits per heavy atom. The fourth-order valence-electron chi connectivity index (χ4n) is 3.32. The molecule has 0 bridgehead atoms. The first-order valence-corrected chi connectivity index (χ1v) is 10.1. The molecule has 0 saturated carbocycles. The van der Waals surface area contributed by atoms with E-state index in [9.17, 15) is 8.78 Å². The van der Waals surface area contributed by atoms with Crippen LogP contribution in [0.5, 0.6) is 11.6 Å². The minimum absolute atomic E-state index is 0.0108. The van der Waals surface area contributed by atoms with E-state index >= 15 is 0 Å². The van der Waals surface area contributed by atoms with E-state index in [1.807, 2.05) is 20.8 Å². The molecule has 1 aromatic carbocycles. The average molecular weight is 405 g/mol. The van der Waals surface area contributed by atoms with Gasteiger partial charge in [-0.3, -0.25) is 4.98 Å². The van der Waals surface area contributed by atoms with Crippen molar-refractivity contribution in [2.75, 3.05) is 26.2 Å². The molecule has 0 N–H and O–H groups in total. The van der Waals surface area contributed by atoms with Gasteiger partial charge in [0.2, 0.25) is 11.7 Å². The van der Waals surface area contributed by atoms with Gasteiger partial charge >= 0.3 is 0 Å². The molecule has 0 atom stereocenters. The van der Waals surface area contributed by atoms with Gasteiger partial charge in [0.1, 0.15) is 5.60 Å². The van der Waals surface area contributed by atoms with Crippen LogP contribution in [0.15, 0.2) is 30.6 Å². The van der Waals surface area contributed by atoms with Crippen LogP contribution in [0.25, 0.3) is 0 Å². The molecule has 1 aromatic heterocycles. The van der Waals surface area contributed by atoms with Crippen molar-refractivity contribution in [2.24, 2.45) is 5.92 Å². The van der Waals surface area contributed by atoms with E-state index in [4.69, 9.17) is 9.47 Å². The molecular weight excluding hydrogens is 376 g/mol. The molecule has 1 saturated heterocycles. The average Bonchev–Trinajstić information content (AvgIpc) is 2.67. The number of nitrogens with zero attached hydrogens (tertiary/aromatic N) is 3. The molecule has 0 unspecified atom stereocenters. The predicted octanol–water partition coefficient (Wildman–Crippen LogP) is 4.27. The Morgan fingerprint density at radius 3 is 2.62 bits per heavy atom. The van der Waals surface area contributed by atoms with Crippen LogP contribution in [0.3, 0.4) is 0 Å². The van der Waals surface area contributed by atoms with Crippen LogP contribution in [0.2, 0.25) is 0 Å². The standard InChI is InChI=1S/C22H29F2N3O2/c1-22(2,3)29-20-14-25-13-17(26-20)9-12-27-10-7-16(8-11-27)15-28-19-6-4-5-18(23)21(19)24/h4-6,13-14,16H,7-12,15H2,1-3H3. The number of halogens is 2. The SMILES string of the molecule is CC(C)(C)Oc1cncc(CCN2CCC(COc3cccc(F)c3F)CC2)n1. The molecule has 158 valence electrons. The second-order valence-corrected chi connectivity index (χ2v) is 8.46. The molecule has 7 heteroatoms. The van der Waals surface area contributed by atoms with Gasteiger partial charge in [0.05, 0.1) is 18.5 Å². The maximum atomic E-state index is 13.7. The summed E-state index contributed by atoms with van der Waals surface area (Å²) in [6.45, 7) is 9.16. The van der Waals surface area contributed by atoms with Crippen molar-refractivity contribution in [3.63, 3.8) is 0 Å². The summed E-state index contributed by atoms with van der Waals surface area (Å²) < 4.78 is 38.2. The van der Waals surface area contributed by atoms with Crippen molar-refractivity contribution in [3.8, 4) is 11.6 Å². The number of piperidine rings is 1. The predicted molar refractivity (Wildman–Crippen MR) is 107 cm³/mol. The zero-order chi connectivity index (χ0) is 20.9. The van der Waals surface area contributed by atoms with Crippen molar-refractivity contribution in [2.45, 2.75) is 45.6 Å². The van der Waals surface area contributed by atoms with Gasteiger partial charge in [-0.05, 0) is 64.8 Å². The third kappa shape index (κ3) is 6.63. The van der Waals surface area contributed by atoms with E-state index in [1.54, 1.807) is 12.4 Å². The third-order valence-electron chi connectivity index (χ3n) is 4.86. The number of aromatic nitrogens is 2. The first-order chi connectivity index (χ1) is 13.8. The molecule has 1 aliphatic rings. The Labute approximate surface area is 171 Å². The highest BCUT2D eigenvalue weighted by atomic mass is 19.2. The van der Waals surface area contributed by atoms with Gasteiger partial charge in [-0.15, -0.1) is 0 Å². The Kier molecular flexibility index (Phi) is 7.00. The number of likely N-dealkylation sites (tertiary alicyclic amines) is 1. The fraction of sp³-hybridized carbons (Fsp3) is 0.545. The zero-order valence-corrected chi connectivity index (χ0v) is 17.3. The lowest BCUT2D eigenvalue weighted by atomic mass is 9.97. The summed E-state index contributed by atoms with van der Waals surface area (Å²) in [4.78, 5) is 11.2. The summed E-state index contributed by atoms with van der Waals surface area (Å²) in [5.74, 6) is -0.905. The van der Waals surface area contributed by atoms with Crippen LogP contribution in [0.4, 0.5) is 8.78 Å². The van der Waals surface area contributed by atoms with E-state index in [0.29, 0.717) is 18.4 Å². The number of rotatable bonds is 7. The second kappa shape index (κ2) is 9.48. The second-order valence-electron chi connectivity index (χ2n) is 8.46. The summed E-state index contributed by atoms with van der Waals surface area (Å²) >= 11 is 0. The van der Waals surface area contributed by atoms with Gasteiger partial charge in [-0.2, -0.15) is 4.39 Å². The van der Waals surface area contributed by atoms with E-state index in [1.165, 1.54) is 12.1 Å². The van der Waals surface area contributed by atoms with Crippen LogP contribution in [0, 0.1) is 17.6 Å².